The van der Waals surface area contributed by atoms with Gasteiger partial charge in [0.15, 0.2) is 11.6 Å². The van der Waals surface area contributed by atoms with Gasteiger partial charge in [-0.25, -0.2) is 19.9 Å². The molecular formula is C18H14N6. The molecule has 0 aliphatic carbocycles. The summed E-state index contributed by atoms with van der Waals surface area (Å²) in [7, 11) is 0. The summed E-state index contributed by atoms with van der Waals surface area (Å²) in [5, 5.41) is 9.22. The Hall–Kier alpha value is -3.33. The summed E-state index contributed by atoms with van der Waals surface area (Å²) in [6.07, 6.45) is 7.81. The lowest BCUT2D eigenvalue weighted by atomic mass is 9.95. The van der Waals surface area contributed by atoms with Gasteiger partial charge in [-0.15, -0.1) is 0 Å². The fourth-order valence-electron chi connectivity index (χ4n) is 2.95. The SMILES string of the molecule is N#Cc1cccc2c1CCN(c1cnc(-c3ncccn3)nc1)C2. The van der Waals surface area contributed by atoms with E-state index < -0.39 is 0 Å². The third kappa shape index (κ3) is 2.57. The van der Waals surface area contributed by atoms with Crippen molar-refractivity contribution in [3.05, 3.63) is 65.7 Å². The van der Waals surface area contributed by atoms with Crippen molar-refractivity contribution in [3.8, 4) is 17.7 Å². The van der Waals surface area contributed by atoms with Crippen molar-refractivity contribution < 1.29 is 0 Å². The molecule has 3 heterocycles. The largest absolute Gasteiger partial charge is 0.364 e. The molecule has 116 valence electrons. The summed E-state index contributed by atoms with van der Waals surface area (Å²) in [6, 6.07) is 9.94. The Balaban J connectivity index is 1.58. The van der Waals surface area contributed by atoms with Gasteiger partial charge in [0, 0.05) is 25.5 Å². The van der Waals surface area contributed by atoms with Crippen molar-refractivity contribution in [2.75, 3.05) is 11.4 Å². The molecule has 0 atom stereocenters. The summed E-state index contributed by atoms with van der Waals surface area (Å²) < 4.78 is 0. The van der Waals surface area contributed by atoms with Crippen molar-refractivity contribution in [1.29, 1.82) is 5.26 Å². The topological polar surface area (TPSA) is 78.6 Å². The molecule has 0 bridgehead atoms. The molecule has 1 aliphatic rings. The molecule has 2 aromatic heterocycles. The van der Waals surface area contributed by atoms with Crippen LogP contribution in [0.5, 0.6) is 0 Å². The number of nitriles is 1. The van der Waals surface area contributed by atoms with Crippen LogP contribution in [0.4, 0.5) is 5.69 Å². The molecule has 4 rings (SSSR count). The first-order chi connectivity index (χ1) is 11.8. The van der Waals surface area contributed by atoms with Crippen molar-refractivity contribution in [2.45, 2.75) is 13.0 Å². The highest BCUT2D eigenvalue weighted by atomic mass is 15.2. The second-order valence-electron chi connectivity index (χ2n) is 5.56. The molecule has 1 aliphatic heterocycles. The van der Waals surface area contributed by atoms with E-state index in [4.69, 9.17) is 0 Å². The van der Waals surface area contributed by atoms with Gasteiger partial charge in [0.2, 0.25) is 0 Å². The number of rotatable bonds is 2. The van der Waals surface area contributed by atoms with Crippen LogP contribution in [0, 0.1) is 11.3 Å². The standard InChI is InChI=1S/C18H14N6/c19-9-13-3-1-4-14-12-24(8-5-16(13)14)15-10-22-18(23-11-15)17-20-6-2-7-21-17/h1-4,6-7,10-11H,5,8,12H2. The zero-order chi connectivity index (χ0) is 16.4. The van der Waals surface area contributed by atoms with E-state index in [-0.39, 0.29) is 0 Å². The maximum atomic E-state index is 9.22. The maximum absolute atomic E-state index is 9.22. The fourth-order valence-corrected chi connectivity index (χ4v) is 2.95. The first-order valence-corrected chi connectivity index (χ1v) is 7.70. The van der Waals surface area contributed by atoms with E-state index in [0.29, 0.717) is 11.6 Å². The van der Waals surface area contributed by atoms with Gasteiger partial charge in [-0.05, 0) is 29.7 Å². The Morgan fingerprint density at radius 2 is 1.71 bits per heavy atom. The average Bonchev–Trinajstić information content (AvgIpc) is 2.68. The predicted octanol–water partition coefficient (Wildman–Crippen LogP) is 2.37. The highest BCUT2D eigenvalue weighted by Gasteiger charge is 2.19. The van der Waals surface area contributed by atoms with E-state index in [1.165, 1.54) is 5.56 Å². The smallest absolute Gasteiger partial charge is 0.197 e. The molecule has 0 unspecified atom stereocenters. The molecule has 1 aromatic carbocycles. The number of fused-ring (bicyclic) bond motifs is 1. The molecule has 0 fully saturated rings. The molecule has 0 spiro atoms. The quantitative estimate of drug-likeness (QED) is 0.722. The van der Waals surface area contributed by atoms with E-state index >= 15 is 0 Å². The average molecular weight is 314 g/mol. The van der Waals surface area contributed by atoms with Crippen LogP contribution in [0.25, 0.3) is 11.6 Å². The van der Waals surface area contributed by atoms with Gasteiger partial charge in [0.05, 0.1) is 29.7 Å². The van der Waals surface area contributed by atoms with E-state index in [1.807, 2.05) is 12.1 Å². The molecule has 6 nitrogen and oxygen atoms in total. The summed E-state index contributed by atoms with van der Waals surface area (Å²) in [6.45, 7) is 1.60. The number of nitrogens with zero attached hydrogens (tertiary/aromatic N) is 6. The van der Waals surface area contributed by atoms with Gasteiger partial charge < -0.3 is 4.90 Å². The van der Waals surface area contributed by atoms with Gasteiger partial charge in [0.1, 0.15) is 0 Å². The van der Waals surface area contributed by atoms with Crippen molar-refractivity contribution in [2.24, 2.45) is 0 Å². The van der Waals surface area contributed by atoms with Crippen LogP contribution in [0.1, 0.15) is 16.7 Å². The highest BCUT2D eigenvalue weighted by Crippen LogP contribution is 2.26. The summed E-state index contributed by atoms with van der Waals surface area (Å²) >= 11 is 0. The maximum Gasteiger partial charge on any atom is 0.197 e. The zero-order valence-electron chi connectivity index (χ0n) is 12.9. The third-order valence-electron chi connectivity index (χ3n) is 4.16. The number of anilines is 1. The molecule has 24 heavy (non-hydrogen) atoms. The van der Waals surface area contributed by atoms with Gasteiger partial charge in [-0.1, -0.05) is 12.1 Å². The van der Waals surface area contributed by atoms with Crippen LogP contribution in [0.15, 0.2) is 49.1 Å². The Bertz CT molecular complexity index is 899. The third-order valence-corrected chi connectivity index (χ3v) is 4.16. The lowest BCUT2D eigenvalue weighted by Crippen LogP contribution is -2.31. The Labute approximate surface area is 139 Å². The zero-order valence-corrected chi connectivity index (χ0v) is 12.9. The van der Waals surface area contributed by atoms with E-state index in [1.54, 1.807) is 30.9 Å². The van der Waals surface area contributed by atoms with E-state index in [2.05, 4.69) is 37.0 Å². The Morgan fingerprint density at radius 3 is 2.46 bits per heavy atom. The van der Waals surface area contributed by atoms with Crippen molar-refractivity contribution in [1.82, 2.24) is 19.9 Å². The monoisotopic (exact) mass is 314 g/mol. The van der Waals surface area contributed by atoms with Crippen LogP contribution >= 0.6 is 0 Å². The molecule has 3 aromatic rings. The first kappa shape index (κ1) is 14.3. The molecule has 0 saturated carbocycles. The van der Waals surface area contributed by atoms with Gasteiger partial charge in [-0.2, -0.15) is 5.26 Å². The molecule has 0 N–H and O–H groups in total. The Morgan fingerprint density at radius 1 is 0.958 bits per heavy atom. The van der Waals surface area contributed by atoms with Crippen LogP contribution in [0.2, 0.25) is 0 Å². The summed E-state index contributed by atoms with van der Waals surface area (Å²) in [5.41, 5.74) is 4.09. The van der Waals surface area contributed by atoms with Crippen molar-refractivity contribution in [3.63, 3.8) is 0 Å². The summed E-state index contributed by atoms with van der Waals surface area (Å²) in [4.78, 5) is 19.3. The molecule has 0 radical (unpaired) electrons. The second-order valence-corrected chi connectivity index (χ2v) is 5.56. The highest BCUT2D eigenvalue weighted by molar-refractivity contribution is 5.52. The number of benzene rings is 1. The number of aromatic nitrogens is 4. The minimum absolute atomic E-state index is 0.517. The second kappa shape index (κ2) is 6.05. The minimum atomic E-state index is 0.517. The summed E-state index contributed by atoms with van der Waals surface area (Å²) in [5.74, 6) is 1.04. The Kier molecular flexibility index (Phi) is 3.60. The van der Waals surface area contributed by atoms with Gasteiger partial charge >= 0.3 is 0 Å². The lowest BCUT2D eigenvalue weighted by molar-refractivity contribution is 0.726. The number of hydrogen-bond donors (Lipinski definition) is 0. The predicted molar refractivity (Wildman–Crippen MR) is 89.0 cm³/mol. The van der Waals surface area contributed by atoms with E-state index in [9.17, 15) is 5.26 Å². The number of hydrogen-bond acceptors (Lipinski definition) is 6. The first-order valence-electron chi connectivity index (χ1n) is 7.70. The van der Waals surface area contributed by atoms with E-state index in [0.717, 1.165) is 36.3 Å². The van der Waals surface area contributed by atoms with Crippen LogP contribution in [-0.4, -0.2) is 26.5 Å². The van der Waals surface area contributed by atoms with Crippen LogP contribution < -0.4 is 4.90 Å². The van der Waals surface area contributed by atoms with Crippen molar-refractivity contribution >= 4 is 5.69 Å². The van der Waals surface area contributed by atoms with Crippen LogP contribution in [-0.2, 0) is 13.0 Å². The molecule has 6 heteroatoms. The minimum Gasteiger partial charge on any atom is -0.364 e. The van der Waals surface area contributed by atoms with Gasteiger partial charge in [0.25, 0.3) is 0 Å². The molecule has 0 saturated heterocycles. The van der Waals surface area contributed by atoms with Crippen LogP contribution in [0.3, 0.4) is 0 Å². The molecular weight excluding hydrogens is 300 g/mol. The van der Waals surface area contributed by atoms with Gasteiger partial charge in [-0.3, -0.25) is 0 Å². The molecule has 0 amide bonds. The lowest BCUT2D eigenvalue weighted by Gasteiger charge is -2.30. The normalized spacial score (nSPS) is 13.2. The fraction of sp³-hybridized carbons (Fsp3) is 0.167.